The molecule has 206 valence electrons. The first kappa shape index (κ1) is 27.8. The minimum atomic E-state index is -5.42. The Labute approximate surface area is 218 Å². The lowest BCUT2D eigenvalue weighted by atomic mass is 9.81. The number of fused-ring (bicyclic) bond motifs is 1. The fraction of sp³-hybridized carbons (Fsp3) is 0.269. The second-order valence-electron chi connectivity index (χ2n) is 9.09. The summed E-state index contributed by atoms with van der Waals surface area (Å²) in [7, 11) is 1.14. The van der Waals surface area contributed by atoms with Gasteiger partial charge in [-0.1, -0.05) is 6.07 Å². The highest BCUT2D eigenvalue weighted by Crippen LogP contribution is 2.47. The Morgan fingerprint density at radius 2 is 1.85 bits per heavy atom. The first-order valence-corrected chi connectivity index (χ1v) is 11.4. The highest BCUT2D eigenvalue weighted by atomic mass is 19.4. The molecule has 3 aromatic rings. The molecule has 4 N–H and O–H groups in total. The molecule has 8 nitrogen and oxygen atoms in total. The molecule has 0 unspecified atom stereocenters. The van der Waals surface area contributed by atoms with E-state index in [2.05, 4.69) is 4.98 Å². The van der Waals surface area contributed by atoms with Gasteiger partial charge < -0.3 is 25.6 Å². The zero-order valence-electron chi connectivity index (χ0n) is 20.5. The number of carbonyl (C=O) groups excluding carboxylic acids is 2. The van der Waals surface area contributed by atoms with Crippen LogP contribution in [0.25, 0.3) is 11.3 Å². The van der Waals surface area contributed by atoms with Crippen LogP contribution in [0.3, 0.4) is 0 Å². The van der Waals surface area contributed by atoms with Crippen LogP contribution in [-0.4, -0.2) is 48.3 Å². The number of nitrogens with one attached hydrogen (secondary N) is 1. The van der Waals surface area contributed by atoms with Crippen molar-refractivity contribution in [3.8, 4) is 22.8 Å². The van der Waals surface area contributed by atoms with Crippen molar-refractivity contribution in [1.82, 2.24) is 10.3 Å². The number of alkyl halides is 3. The Kier molecular flexibility index (Phi) is 6.98. The molecule has 1 aromatic heterocycles. The molecule has 2 atom stereocenters. The molecule has 0 saturated heterocycles. The van der Waals surface area contributed by atoms with Gasteiger partial charge in [-0.2, -0.15) is 13.2 Å². The number of nitrogens with zero attached hydrogens (tertiary/aromatic N) is 1. The van der Waals surface area contributed by atoms with Gasteiger partial charge in [0.05, 0.1) is 24.9 Å². The third-order valence-electron chi connectivity index (χ3n) is 6.56. The van der Waals surface area contributed by atoms with Crippen molar-refractivity contribution in [2.24, 2.45) is 5.73 Å². The van der Waals surface area contributed by atoms with Gasteiger partial charge in [0, 0.05) is 11.1 Å². The Morgan fingerprint density at radius 1 is 1.18 bits per heavy atom. The van der Waals surface area contributed by atoms with Gasteiger partial charge in [0.15, 0.2) is 11.6 Å². The van der Waals surface area contributed by atoms with Gasteiger partial charge in [-0.25, -0.2) is 13.8 Å². The molecule has 1 aliphatic heterocycles. The van der Waals surface area contributed by atoms with E-state index in [1.54, 1.807) is 0 Å². The highest BCUT2D eigenvalue weighted by molar-refractivity contribution is 5.95. The summed E-state index contributed by atoms with van der Waals surface area (Å²) in [6.07, 6.45) is -5.42. The van der Waals surface area contributed by atoms with Crippen molar-refractivity contribution in [2.45, 2.75) is 24.1 Å². The van der Waals surface area contributed by atoms with Crippen LogP contribution < -0.4 is 20.5 Å². The molecule has 13 heteroatoms. The standard InChI is InChI=1S/C26H22F5N3O5/c1-24(23(32)36)12-39-21-16(24)10-18(34-20(21)13-6-8-14(27)9-7-13)25(37,26(29,30)31)11-33-22(35)15-4-3-5-17(38-2)19(15)28/h3-10,37H,11-12H2,1-2H3,(H2,32,36)(H,33,35)/t24-,25-/m0/s1. The minimum Gasteiger partial charge on any atom is -0.494 e. The zero-order chi connectivity index (χ0) is 28.8. The van der Waals surface area contributed by atoms with E-state index in [1.807, 2.05) is 5.32 Å². The second-order valence-corrected chi connectivity index (χ2v) is 9.09. The normalized spacial score (nSPS) is 18.1. The van der Waals surface area contributed by atoms with Crippen LogP contribution in [0.1, 0.15) is 28.5 Å². The quantitative estimate of drug-likeness (QED) is 0.387. The summed E-state index contributed by atoms with van der Waals surface area (Å²) in [4.78, 5) is 28.9. The van der Waals surface area contributed by atoms with Crippen LogP contribution in [0, 0.1) is 11.6 Å². The van der Waals surface area contributed by atoms with E-state index in [1.165, 1.54) is 31.2 Å². The van der Waals surface area contributed by atoms with Crippen molar-refractivity contribution in [3.05, 3.63) is 77.0 Å². The van der Waals surface area contributed by atoms with E-state index in [4.69, 9.17) is 15.2 Å². The van der Waals surface area contributed by atoms with Crippen LogP contribution in [0.15, 0.2) is 48.5 Å². The van der Waals surface area contributed by atoms with Gasteiger partial charge in [0.1, 0.15) is 29.3 Å². The van der Waals surface area contributed by atoms with Crippen LogP contribution in [0.2, 0.25) is 0 Å². The van der Waals surface area contributed by atoms with Gasteiger partial charge in [0.2, 0.25) is 11.5 Å². The summed E-state index contributed by atoms with van der Waals surface area (Å²) in [6.45, 7) is -0.457. The van der Waals surface area contributed by atoms with Crippen molar-refractivity contribution in [2.75, 3.05) is 20.3 Å². The number of aromatic nitrogens is 1. The summed E-state index contributed by atoms with van der Waals surface area (Å²) in [5.41, 5.74) is -1.70. The SMILES string of the molecule is COc1cccc(C(=O)NC[C@](O)(c2cc3c(c(-c4ccc(F)cc4)n2)OC[C@]3(C)C(N)=O)C(F)(F)F)c1F. The molecule has 2 heterocycles. The molecule has 2 aromatic carbocycles. The van der Waals surface area contributed by atoms with Crippen molar-refractivity contribution in [1.29, 1.82) is 0 Å². The number of hydrogen-bond acceptors (Lipinski definition) is 6. The van der Waals surface area contributed by atoms with Gasteiger partial charge >= 0.3 is 6.18 Å². The summed E-state index contributed by atoms with van der Waals surface area (Å²) in [5.74, 6) is -4.31. The van der Waals surface area contributed by atoms with Crippen LogP contribution in [0.5, 0.6) is 11.5 Å². The molecule has 0 spiro atoms. The third kappa shape index (κ3) is 4.73. The average molecular weight is 551 g/mol. The van der Waals surface area contributed by atoms with Gasteiger partial charge in [-0.05, 0) is 49.4 Å². The monoisotopic (exact) mass is 551 g/mol. The van der Waals surface area contributed by atoms with Crippen molar-refractivity contribution < 1.29 is 46.1 Å². The maximum Gasteiger partial charge on any atom is 0.424 e. The lowest BCUT2D eigenvalue weighted by Crippen LogP contribution is -2.52. The van der Waals surface area contributed by atoms with Crippen LogP contribution in [0.4, 0.5) is 22.0 Å². The first-order chi connectivity index (χ1) is 18.2. The molecular formula is C26H22F5N3O5. The fourth-order valence-corrected chi connectivity index (χ4v) is 4.09. The first-order valence-electron chi connectivity index (χ1n) is 11.4. The molecule has 2 amide bonds. The van der Waals surface area contributed by atoms with Gasteiger partial charge in [-0.15, -0.1) is 0 Å². The van der Waals surface area contributed by atoms with E-state index in [-0.39, 0.29) is 34.9 Å². The number of halogens is 5. The predicted molar refractivity (Wildman–Crippen MR) is 127 cm³/mol. The zero-order valence-corrected chi connectivity index (χ0v) is 20.5. The van der Waals surface area contributed by atoms with Crippen molar-refractivity contribution >= 4 is 11.8 Å². The van der Waals surface area contributed by atoms with E-state index >= 15 is 0 Å². The Hall–Kier alpha value is -4.26. The van der Waals surface area contributed by atoms with Crippen LogP contribution >= 0.6 is 0 Å². The number of methoxy groups -OCH3 is 1. The number of nitrogens with two attached hydrogens (primary N) is 1. The third-order valence-corrected chi connectivity index (χ3v) is 6.56. The molecule has 0 aliphatic carbocycles. The number of pyridine rings is 1. The lowest BCUT2D eigenvalue weighted by molar-refractivity contribution is -0.265. The molecule has 0 fully saturated rings. The summed E-state index contributed by atoms with van der Waals surface area (Å²) < 4.78 is 81.7. The van der Waals surface area contributed by atoms with E-state index in [0.29, 0.717) is 0 Å². The number of carbonyl (C=O) groups is 2. The summed E-state index contributed by atoms with van der Waals surface area (Å²) in [6, 6.07) is 8.85. The Morgan fingerprint density at radius 3 is 2.44 bits per heavy atom. The number of hydrogen-bond donors (Lipinski definition) is 3. The largest absolute Gasteiger partial charge is 0.494 e. The molecule has 0 radical (unpaired) electrons. The number of benzene rings is 2. The molecule has 39 heavy (non-hydrogen) atoms. The molecule has 0 saturated carbocycles. The summed E-state index contributed by atoms with van der Waals surface area (Å²) in [5, 5.41) is 12.9. The Balaban J connectivity index is 1.84. The number of ether oxygens (including phenoxy) is 2. The minimum absolute atomic E-state index is 0.0707. The van der Waals surface area contributed by atoms with Crippen LogP contribution in [-0.2, 0) is 15.8 Å². The van der Waals surface area contributed by atoms with Crippen molar-refractivity contribution in [3.63, 3.8) is 0 Å². The average Bonchev–Trinajstić information content (AvgIpc) is 3.24. The van der Waals surface area contributed by atoms with E-state index in [0.717, 1.165) is 31.4 Å². The lowest BCUT2D eigenvalue weighted by Gasteiger charge is -2.31. The Bertz CT molecular complexity index is 1450. The second kappa shape index (κ2) is 9.80. The maximum atomic E-state index is 14.5. The number of rotatable bonds is 7. The highest BCUT2D eigenvalue weighted by Gasteiger charge is 2.57. The van der Waals surface area contributed by atoms with E-state index in [9.17, 15) is 36.6 Å². The fourth-order valence-electron chi connectivity index (χ4n) is 4.09. The maximum absolute atomic E-state index is 14.5. The molecule has 0 bridgehead atoms. The van der Waals surface area contributed by atoms with E-state index < -0.39 is 58.4 Å². The van der Waals surface area contributed by atoms with Gasteiger partial charge in [-0.3, -0.25) is 9.59 Å². The smallest absolute Gasteiger partial charge is 0.424 e. The predicted octanol–water partition coefficient (Wildman–Crippen LogP) is 3.35. The molecule has 4 rings (SSSR count). The number of amides is 2. The number of primary amides is 1. The van der Waals surface area contributed by atoms with Gasteiger partial charge in [0.25, 0.3) is 5.91 Å². The summed E-state index contributed by atoms with van der Waals surface area (Å²) >= 11 is 0. The topological polar surface area (TPSA) is 124 Å². The number of aliphatic hydroxyl groups is 1. The molecular weight excluding hydrogens is 529 g/mol. The molecule has 1 aliphatic rings.